The van der Waals surface area contributed by atoms with E-state index in [1.807, 2.05) is 23.9 Å². The lowest BCUT2D eigenvalue weighted by Crippen LogP contribution is -2.07. The van der Waals surface area contributed by atoms with Crippen LogP contribution in [0.4, 0.5) is 0 Å². The molecule has 5 heteroatoms. The predicted octanol–water partition coefficient (Wildman–Crippen LogP) is 5.85. The molecule has 1 saturated carbocycles. The predicted molar refractivity (Wildman–Crippen MR) is 83.7 cm³/mol. The molecular weight excluding hydrogens is 439 g/mol. The van der Waals surface area contributed by atoms with Gasteiger partial charge in [0, 0.05) is 9.92 Å². The molecule has 88 valence electrons. The molecule has 1 atom stereocenters. The fourth-order valence-corrected chi connectivity index (χ4v) is 5.57. The third kappa shape index (κ3) is 3.19. The second-order valence-corrected chi connectivity index (χ2v) is 10.8. The van der Waals surface area contributed by atoms with Crippen LogP contribution in [-0.4, -0.2) is 13.3 Å². The lowest BCUT2D eigenvalue weighted by atomic mass is 10.3. The molecule has 1 aliphatic carbocycles. The van der Waals surface area contributed by atoms with E-state index < -0.39 is 0 Å². The summed E-state index contributed by atoms with van der Waals surface area (Å²) in [6.45, 7) is 0. The zero-order valence-electron chi connectivity index (χ0n) is 8.35. The molecule has 0 aromatic heterocycles. The summed E-state index contributed by atoms with van der Waals surface area (Å²) in [5, 5.41) is 0.795. The number of halogens is 4. The Balaban J connectivity index is 1.79. The smallest absolute Gasteiger partial charge is 0.0972 e. The molecule has 1 aromatic carbocycles. The summed E-state index contributed by atoms with van der Waals surface area (Å²) in [6, 6.07) is 8.00. The van der Waals surface area contributed by atoms with Crippen LogP contribution in [0.15, 0.2) is 29.2 Å². The summed E-state index contributed by atoms with van der Waals surface area (Å²) >= 11 is 18.8. The summed E-state index contributed by atoms with van der Waals surface area (Å²) in [6.07, 6.45) is 2.26. The van der Waals surface area contributed by atoms with Crippen molar-refractivity contribution >= 4 is 71.2 Å². The maximum Gasteiger partial charge on any atom is 0.0972 e. The number of thioether (sulfide) groups is 1. The van der Waals surface area contributed by atoms with E-state index >= 15 is 0 Å². The Morgan fingerprint density at radius 1 is 1.19 bits per heavy atom. The highest BCUT2D eigenvalue weighted by Gasteiger charge is 2.62. The van der Waals surface area contributed by atoms with Gasteiger partial charge in [-0.1, -0.05) is 59.4 Å². The second-order valence-electron chi connectivity index (χ2n) is 3.90. The van der Waals surface area contributed by atoms with Gasteiger partial charge in [0.05, 0.1) is 7.56 Å². The Morgan fingerprint density at radius 3 is 2.25 bits per heavy atom. The van der Waals surface area contributed by atoms with E-state index in [4.69, 9.17) is 11.6 Å². The maximum atomic E-state index is 5.84. The lowest BCUT2D eigenvalue weighted by molar-refractivity contribution is 0.879. The highest BCUT2D eigenvalue weighted by molar-refractivity contribution is 9.26. The van der Waals surface area contributed by atoms with Crippen LogP contribution < -0.4 is 0 Å². The van der Waals surface area contributed by atoms with Gasteiger partial charge in [0.25, 0.3) is 0 Å². The van der Waals surface area contributed by atoms with Gasteiger partial charge in [0.1, 0.15) is 0 Å². The second kappa shape index (κ2) is 5.12. The van der Waals surface area contributed by atoms with Crippen molar-refractivity contribution in [2.24, 2.45) is 0 Å². The molecule has 2 rings (SSSR count). The van der Waals surface area contributed by atoms with Gasteiger partial charge in [-0.15, -0.1) is 11.8 Å². The molecule has 0 nitrogen and oxygen atoms in total. The van der Waals surface area contributed by atoms with Crippen molar-refractivity contribution in [2.75, 3.05) is 5.75 Å². The van der Waals surface area contributed by atoms with Crippen molar-refractivity contribution in [1.29, 1.82) is 0 Å². The fraction of sp³-hybridized carbons (Fsp3) is 0.455. The van der Waals surface area contributed by atoms with Crippen LogP contribution in [0.25, 0.3) is 0 Å². The van der Waals surface area contributed by atoms with E-state index in [2.05, 4.69) is 59.9 Å². The van der Waals surface area contributed by atoms with E-state index in [0.717, 1.165) is 23.6 Å². The van der Waals surface area contributed by atoms with Crippen molar-refractivity contribution in [3.8, 4) is 0 Å². The Kier molecular flexibility index (Phi) is 4.39. The molecule has 0 aliphatic heterocycles. The number of rotatable bonds is 4. The minimum Gasteiger partial charge on any atom is -0.126 e. The van der Waals surface area contributed by atoms with Crippen molar-refractivity contribution in [2.45, 2.75) is 25.3 Å². The Labute approximate surface area is 130 Å². The third-order valence-electron chi connectivity index (χ3n) is 2.61. The van der Waals surface area contributed by atoms with Crippen molar-refractivity contribution < 1.29 is 0 Å². The first-order valence-corrected chi connectivity index (χ1v) is 8.62. The molecule has 1 aromatic rings. The molecule has 0 amide bonds. The quantitative estimate of drug-likeness (QED) is 0.411. The highest BCUT2D eigenvalue weighted by Crippen LogP contribution is 2.66. The first-order valence-electron chi connectivity index (χ1n) is 4.88. The first kappa shape index (κ1) is 13.7. The van der Waals surface area contributed by atoms with Crippen LogP contribution in [0.2, 0.25) is 5.02 Å². The zero-order valence-corrected chi connectivity index (χ0v) is 14.7. The molecule has 0 bridgehead atoms. The molecule has 0 heterocycles. The van der Waals surface area contributed by atoms with Crippen LogP contribution in [0.3, 0.4) is 0 Å². The first-order chi connectivity index (χ1) is 7.43. The van der Waals surface area contributed by atoms with E-state index in [1.165, 1.54) is 4.90 Å². The van der Waals surface area contributed by atoms with Crippen LogP contribution in [0.1, 0.15) is 12.8 Å². The Morgan fingerprint density at radius 2 is 1.75 bits per heavy atom. The summed E-state index contributed by atoms with van der Waals surface area (Å²) in [5.74, 6) is 1.10. The van der Waals surface area contributed by atoms with E-state index in [1.54, 1.807) is 0 Å². The van der Waals surface area contributed by atoms with Crippen molar-refractivity contribution in [3.05, 3.63) is 29.3 Å². The minimum absolute atomic E-state index is 0.105. The summed E-state index contributed by atoms with van der Waals surface area (Å²) in [5.41, 5.74) is 0. The van der Waals surface area contributed by atoms with Gasteiger partial charge < -0.3 is 0 Å². The van der Waals surface area contributed by atoms with E-state index in [-0.39, 0.29) is 7.56 Å². The molecule has 1 aliphatic rings. The molecular formula is C11H10Br3ClS. The van der Waals surface area contributed by atoms with Gasteiger partial charge in [-0.2, -0.15) is 0 Å². The van der Waals surface area contributed by atoms with Crippen molar-refractivity contribution in [1.82, 2.24) is 0 Å². The Hall–Kier alpha value is 1.30. The normalized spacial score (nSPS) is 26.8. The SMILES string of the molecule is Clc1ccc(SCCC2(Br)CC2(Br)Br)cc1. The summed E-state index contributed by atoms with van der Waals surface area (Å²) < 4.78 is 0.326. The van der Waals surface area contributed by atoms with Gasteiger partial charge >= 0.3 is 0 Å². The molecule has 0 spiro atoms. The van der Waals surface area contributed by atoms with Crippen LogP contribution in [0, 0.1) is 0 Å². The van der Waals surface area contributed by atoms with Crippen molar-refractivity contribution in [3.63, 3.8) is 0 Å². The van der Waals surface area contributed by atoms with E-state index in [0.29, 0.717) is 0 Å². The summed E-state index contributed by atoms with van der Waals surface area (Å²) in [4.78, 5) is 1.27. The number of benzene rings is 1. The number of hydrogen-bond acceptors (Lipinski definition) is 1. The maximum absolute atomic E-state index is 5.84. The minimum atomic E-state index is 0.105. The van der Waals surface area contributed by atoms with Crippen LogP contribution >= 0.6 is 71.2 Å². The van der Waals surface area contributed by atoms with Gasteiger partial charge in [-0.3, -0.25) is 0 Å². The van der Waals surface area contributed by atoms with Gasteiger partial charge in [0.15, 0.2) is 0 Å². The molecule has 1 fully saturated rings. The topological polar surface area (TPSA) is 0 Å². The monoisotopic (exact) mass is 446 g/mol. The molecule has 0 N–H and O–H groups in total. The summed E-state index contributed by atoms with van der Waals surface area (Å²) in [7, 11) is 0. The third-order valence-corrected chi connectivity index (χ3v) is 8.38. The number of hydrogen-bond donors (Lipinski definition) is 0. The molecule has 0 radical (unpaired) electrons. The largest absolute Gasteiger partial charge is 0.126 e. The Bertz CT molecular complexity index is 379. The molecule has 0 saturated heterocycles. The molecule has 16 heavy (non-hydrogen) atoms. The lowest BCUT2D eigenvalue weighted by Gasteiger charge is -2.09. The van der Waals surface area contributed by atoms with Gasteiger partial charge in [-0.05, 0) is 42.9 Å². The van der Waals surface area contributed by atoms with Crippen LogP contribution in [0.5, 0.6) is 0 Å². The average molecular weight is 449 g/mol. The standard InChI is InChI=1S/C11H10Br3ClS/c12-10(7-11(10,13)14)5-6-16-9-3-1-8(15)2-4-9/h1-4H,5-7H2. The highest BCUT2D eigenvalue weighted by atomic mass is 79.9. The average Bonchev–Trinajstić information content (AvgIpc) is 2.69. The van der Waals surface area contributed by atoms with E-state index in [9.17, 15) is 0 Å². The van der Waals surface area contributed by atoms with Gasteiger partial charge in [0.2, 0.25) is 0 Å². The zero-order chi connectivity index (χ0) is 11.8. The number of alkyl halides is 3. The van der Waals surface area contributed by atoms with Crippen LogP contribution in [-0.2, 0) is 0 Å². The molecule has 1 unspecified atom stereocenters. The fourth-order valence-electron chi connectivity index (χ4n) is 1.44. The van der Waals surface area contributed by atoms with Gasteiger partial charge in [-0.25, -0.2) is 0 Å².